The van der Waals surface area contributed by atoms with Crippen LogP contribution in [0, 0.1) is 17.8 Å². The van der Waals surface area contributed by atoms with E-state index in [4.69, 9.17) is 5.11 Å². The Labute approximate surface area is 65.0 Å². The Morgan fingerprint density at radius 1 is 1.36 bits per heavy atom. The number of hydrogen-bond donors (Lipinski definition) is 2. The van der Waals surface area contributed by atoms with E-state index in [1.165, 1.54) is 0 Å². The van der Waals surface area contributed by atoms with Gasteiger partial charge in [0.1, 0.15) is 0 Å². The van der Waals surface area contributed by atoms with E-state index in [1.54, 1.807) is 0 Å². The summed E-state index contributed by atoms with van der Waals surface area (Å²) >= 11 is 0. The summed E-state index contributed by atoms with van der Waals surface area (Å²) in [4.78, 5) is 10.3. The summed E-state index contributed by atoms with van der Waals surface area (Å²) in [5.41, 5.74) is 0. The molecule has 0 spiro atoms. The summed E-state index contributed by atoms with van der Waals surface area (Å²) in [5.74, 6) is 0.502. The lowest BCUT2D eigenvalue weighted by Crippen LogP contribution is -2.11. The highest BCUT2D eigenvalue weighted by atomic mass is 16.4. The Hall–Kier alpha value is -0.570. The Kier molecular flexibility index (Phi) is 1.42. The molecule has 0 aromatic rings. The van der Waals surface area contributed by atoms with Crippen LogP contribution in [0.25, 0.3) is 0 Å². The summed E-state index contributed by atoms with van der Waals surface area (Å²) < 4.78 is 0. The van der Waals surface area contributed by atoms with Gasteiger partial charge in [-0.05, 0) is 30.6 Å². The SMILES string of the molecule is O=C(O)CC1C[C@H](O)[C@H]2C[C@@H]12. The van der Waals surface area contributed by atoms with E-state index in [9.17, 15) is 9.90 Å². The van der Waals surface area contributed by atoms with Gasteiger partial charge in [-0.15, -0.1) is 0 Å². The minimum absolute atomic E-state index is 0.204. The van der Waals surface area contributed by atoms with Gasteiger partial charge in [-0.2, -0.15) is 0 Å². The number of aliphatic hydroxyl groups is 1. The number of rotatable bonds is 2. The number of aliphatic carboxylic acids is 1. The van der Waals surface area contributed by atoms with E-state index >= 15 is 0 Å². The Morgan fingerprint density at radius 3 is 2.45 bits per heavy atom. The predicted octanol–water partition coefficient (Wildman–Crippen LogP) is 0.478. The van der Waals surface area contributed by atoms with Gasteiger partial charge in [0.2, 0.25) is 0 Å². The molecule has 0 aromatic heterocycles. The molecule has 0 aliphatic heterocycles. The van der Waals surface area contributed by atoms with Gasteiger partial charge in [0.15, 0.2) is 0 Å². The Morgan fingerprint density at radius 2 is 2.09 bits per heavy atom. The fraction of sp³-hybridized carbons (Fsp3) is 0.875. The van der Waals surface area contributed by atoms with Crippen molar-refractivity contribution in [1.29, 1.82) is 0 Å². The van der Waals surface area contributed by atoms with Gasteiger partial charge in [-0.25, -0.2) is 0 Å². The molecule has 0 aromatic carbocycles. The molecule has 0 heterocycles. The molecule has 0 radical (unpaired) electrons. The lowest BCUT2D eigenvalue weighted by Gasteiger charge is -2.08. The van der Waals surface area contributed by atoms with Crippen LogP contribution in [0.4, 0.5) is 0 Å². The molecule has 2 aliphatic rings. The van der Waals surface area contributed by atoms with E-state index in [-0.39, 0.29) is 18.4 Å². The largest absolute Gasteiger partial charge is 0.481 e. The maximum absolute atomic E-state index is 10.3. The molecule has 11 heavy (non-hydrogen) atoms. The van der Waals surface area contributed by atoms with Crippen LogP contribution in [0.3, 0.4) is 0 Å². The Balaban J connectivity index is 1.92. The third-order valence-electron chi connectivity index (χ3n) is 2.97. The van der Waals surface area contributed by atoms with Gasteiger partial charge >= 0.3 is 5.97 Å². The summed E-state index contributed by atoms with van der Waals surface area (Å²) in [6.45, 7) is 0. The van der Waals surface area contributed by atoms with Crippen molar-refractivity contribution in [1.82, 2.24) is 0 Å². The monoisotopic (exact) mass is 156 g/mol. The van der Waals surface area contributed by atoms with Crippen molar-refractivity contribution in [2.45, 2.75) is 25.4 Å². The minimum atomic E-state index is -0.727. The maximum atomic E-state index is 10.3. The average Bonchev–Trinajstić information content (AvgIpc) is 2.57. The third-order valence-corrected chi connectivity index (χ3v) is 2.97. The van der Waals surface area contributed by atoms with E-state index < -0.39 is 5.97 Å². The molecule has 2 aliphatic carbocycles. The maximum Gasteiger partial charge on any atom is 0.303 e. The van der Waals surface area contributed by atoms with Crippen LogP contribution in [0.5, 0.6) is 0 Å². The van der Waals surface area contributed by atoms with Crippen LogP contribution in [0.2, 0.25) is 0 Å². The quantitative estimate of drug-likeness (QED) is 0.611. The predicted molar refractivity (Wildman–Crippen MR) is 38.0 cm³/mol. The van der Waals surface area contributed by atoms with Crippen LogP contribution < -0.4 is 0 Å². The zero-order chi connectivity index (χ0) is 8.01. The second-order valence-electron chi connectivity index (χ2n) is 3.72. The fourth-order valence-corrected chi connectivity index (χ4v) is 2.34. The lowest BCUT2D eigenvalue weighted by molar-refractivity contribution is -0.138. The van der Waals surface area contributed by atoms with Crippen LogP contribution in [0.1, 0.15) is 19.3 Å². The number of hydrogen-bond acceptors (Lipinski definition) is 2. The molecule has 3 nitrogen and oxygen atoms in total. The molecular formula is C8H12O3. The molecule has 3 heteroatoms. The van der Waals surface area contributed by atoms with E-state index in [1.807, 2.05) is 0 Å². The first kappa shape index (κ1) is 7.10. The molecule has 2 saturated carbocycles. The highest BCUT2D eigenvalue weighted by molar-refractivity contribution is 5.67. The second-order valence-corrected chi connectivity index (χ2v) is 3.72. The average molecular weight is 156 g/mol. The topological polar surface area (TPSA) is 57.5 Å². The van der Waals surface area contributed by atoms with Crippen LogP contribution in [-0.4, -0.2) is 22.3 Å². The standard InChI is InChI=1S/C8H12O3/c9-7-1-4(2-8(10)11)5-3-6(5)7/h4-7,9H,1-3H2,(H,10,11)/t4?,5-,6-,7-/m0/s1. The molecule has 0 bridgehead atoms. The Bertz CT molecular complexity index is 190. The first-order valence-electron chi connectivity index (χ1n) is 4.08. The van der Waals surface area contributed by atoms with Gasteiger partial charge in [-0.3, -0.25) is 4.79 Å². The van der Waals surface area contributed by atoms with E-state index in [0.717, 1.165) is 6.42 Å². The van der Waals surface area contributed by atoms with Crippen LogP contribution in [0.15, 0.2) is 0 Å². The smallest absolute Gasteiger partial charge is 0.303 e. The van der Waals surface area contributed by atoms with Crippen molar-refractivity contribution in [3.05, 3.63) is 0 Å². The second kappa shape index (κ2) is 2.21. The molecule has 62 valence electrons. The van der Waals surface area contributed by atoms with Crippen molar-refractivity contribution < 1.29 is 15.0 Å². The van der Waals surface area contributed by atoms with Gasteiger partial charge in [0.25, 0.3) is 0 Å². The number of carboxylic acids is 1. The molecule has 4 atom stereocenters. The lowest BCUT2D eigenvalue weighted by atomic mass is 9.99. The van der Waals surface area contributed by atoms with Gasteiger partial charge < -0.3 is 10.2 Å². The van der Waals surface area contributed by atoms with Crippen molar-refractivity contribution in [3.8, 4) is 0 Å². The van der Waals surface area contributed by atoms with Crippen molar-refractivity contribution in [3.63, 3.8) is 0 Å². The molecule has 0 amide bonds. The van der Waals surface area contributed by atoms with Crippen molar-refractivity contribution >= 4 is 5.97 Å². The van der Waals surface area contributed by atoms with Crippen molar-refractivity contribution in [2.75, 3.05) is 0 Å². The third kappa shape index (κ3) is 1.13. The number of aliphatic hydroxyl groups excluding tert-OH is 1. The molecular weight excluding hydrogens is 144 g/mol. The zero-order valence-electron chi connectivity index (χ0n) is 6.23. The van der Waals surface area contributed by atoms with Crippen LogP contribution >= 0.6 is 0 Å². The van der Waals surface area contributed by atoms with Gasteiger partial charge in [0.05, 0.1) is 6.10 Å². The molecule has 0 saturated heterocycles. The van der Waals surface area contributed by atoms with E-state index in [2.05, 4.69) is 0 Å². The molecule has 2 fully saturated rings. The first-order chi connectivity index (χ1) is 5.18. The highest BCUT2D eigenvalue weighted by Crippen LogP contribution is 2.56. The number of carbonyl (C=O) groups is 1. The van der Waals surface area contributed by atoms with Crippen molar-refractivity contribution in [2.24, 2.45) is 17.8 Å². The molecule has 1 unspecified atom stereocenters. The summed E-state index contributed by atoms with van der Waals surface area (Å²) in [6.07, 6.45) is 1.81. The van der Waals surface area contributed by atoms with Crippen LogP contribution in [-0.2, 0) is 4.79 Å². The van der Waals surface area contributed by atoms with Gasteiger partial charge in [0, 0.05) is 6.42 Å². The zero-order valence-corrected chi connectivity index (χ0v) is 6.23. The van der Waals surface area contributed by atoms with E-state index in [0.29, 0.717) is 18.3 Å². The normalized spacial score (nSPS) is 47.0. The first-order valence-corrected chi connectivity index (χ1v) is 4.08. The molecule has 2 N–H and O–H groups in total. The summed E-state index contributed by atoms with van der Waals surface area (Å²) in [7, 11) is 0. The molecule has 2 rings (SSSR count). The highest BCUT2D eigenvalue weighted by Gasteiger charge is 2.53. The summed E-state index contributed by atoms with van der Waals surface area (Å²) in [6, 6.07) is 0. The number of fused-ring (bicyclic) bond motifs is 1. The summed E-state index contributed by atoms with van der Waals surface area (Å²) in [5, 5.41) is 17.8. The fourth-order valence-electron chi connectivity index (χ4n) is 2.34. The van der Waals surface area contributed by atoms with Gasteiger partial charge in [-0.1, -0.05) is 0 Å². The minimum Gasteiger partial charge on any atom is -0.481 e. The number of carboxylic acid groups (broad SMARTS) is 1.